The van der Waals surface area contributed by atoms with E-state index >= 15 is 0 Å². The number of anilines is 2. The molecule has 0 aliphatic carbocycles. The smallest absolute Gasteiger partial charge is 0.295 e. The van der Waals surface area contributed by atoms with Gasteiger partial charge in [-0.25, -0.2) is 0 Å². The standard InChI is InChI=1S/C33H24N5O10PS2/c1-38-26-12-10-18(34-36-24-16-30(50(43,44)45)20-6-2-4-8-22(20)32(24)39)14-28(26)49(41,42)29-15-19(11-13-27(29)38)35-37-25-17-31(51(46,47)48)21-7-3-5-9-23(21)33(25)40/h2-17,39-40H,1H3,(H,41,42)(H,43,44,45)(H,46,47,48). The summed E-state index contributed by atoms with van der Waals surface area (Å²) in [7, 11) is -12.1. The fraction of sp³-hybridized carbons (Fsp3) is 0.0303. The van der Waals surface area contributed by atoms with Crippen LogP contribution < -0.4 is 15.5 Å². The highest BCUT2D eigenvalue weighted by atomic mass is 32.2. The summed E-state index contributed by atoms with van der Waals surface area (Å²) in [5.74, 6) is -0.789. The van der Waals surface area contributed by atoms with Crippen molar-refractivity contribution in [3.05, 3.63) is 97.1 Å². The van der Waals surface area contributed by atoms with E-state index in [0.717, 1.165) is 12.1 Å². The molecule has 0 amide bonds. The Morgan fingerprint density at radius 1 is 0.569 bits per heavy atom. The maximum Gasteiger partial charge on any atom is 0.295 e. The molecule has 0 aromatic heterocycles. The van der Waals surface area contributed by atoms with Crippen LogP contribution in [0.15, 0.2) is 127 Å². The largest absolute Gasteiger partial charge is 0.505 e. The van der Waals surface area contributed by atoms with Crippen molar-refractivity contribution < 1.29 is 45.6 Å². The molecule has 0 atom stereocenters. The quantitative estimate of drug-likeness (QED) is 0.0658. The molecule has 6 aromatic rings. The van der Waals surface area contributed by atoms with Crippen molar-refractivity contribution in [2.75, 3.05) is 11.9 Å². The molecule has 6 aromatic carbocycles. The Morgan fingerprint density at radius 3 is 1.31 bits per heavy atom. The number of fused-ring (bicyclic) bond motifs is 4. The predicted octanol–water partition coefficient (Wildman–Crippen LogP) is 7.03. The molecule has 0 radical (unpaired) electrons. The van der Waals surface area contributed by atoms with E-state index in [-0.39, 0.29) is 54.9 Å². The molecule has 0 saturated heterocycles. The molecule has 1 heterocycles. The number of hydrogen-bond donors (Lipinski definition) is 5. The molecule has 1 aliphatic heterocycles. The van der Waals surface area contributed by atoms with Gasteiger partial charge in [-0.1, -0.05) is 48.5 Å². The van der Waals surface area contributed by atoms with Gasteiger partial charge in [-0.05, 0) is 48.5 Å². The summed E-state index contributed by atoms with van der Waals surface area (Å²) in [5.41, 5.74) is 0.372. The molecule has 15 nitrogen and oxygen atoms in total. The van der Waals surface area contributed by atoms with E-state index < -0.39 is 48.9 Å². The van der Waals surface area contributed by atoms with E-state index in [4.69, 9.17) is 0 Å². The van der Waals surface area contributed by atoms with Crippen molar-refractivity contribution in [3.8, 4) is 11.5 Å². The molecule has 0 unspecified atom stereocenters. The molecule has 51 heavy (non-hydrogen) atoms. The summed E-state index contributed by atoms with van der Waals surface area (Å²) in [6, 6.07) is 22.6. The van der Waals surface area contributed by atoms with Gasteiger partial charge < -0.3 is 20.0 Å². The zero-order valence-corrected chi connectivity index (χ0v) is 28.5. The van der Waals surface area contributed by atoms with Crippen LogP contribution in [0.4, 0.5) is 34.1 Å². The van der Waals surface area contributed by atoms with Crippen LogP contribution in [0.5, 0.6) is 11.5 Å². The van der Waals surface area contributed by atoms with Crippen molar-refractivity contribution in [3.63, 3.8) is 0 Å². The van der Waals surface area contributed by atoms with Crippen molar-refractivity contribution >= 4 is 93.9 Å². The van der Waals surface area contributed by atoms with E-state index in [9.17, 15) is 45.6 Å². The van der Waals surface area contributed by atoms with Crippen molar-refractivity contribution in [2.45, 2.75) is 9.79 Å². The molecule has 18 heteroatoms. The van der Waals surface area contributed by atoms with E-state index in [1.165, 1.54) is 60.7 Å². The number of benzene rings is 6. The second-order valence-electron chi connectivity index (χ2n) is 11.4. The summed E-state index contributed by atoms with van der Waals surface area (Å²) in [4.78, 5) is 12.2. The molecular weight excluding hydrogens is 721 g/mol. The molecular formula is C33H24N5O10PS2. The molecule has 5 N–H and O–H groups in total. The van der Waals surface area contributed by atoms with Gasteiger partial charge in [0.05, 0.1) is 33.4 Å². The number of azo groups is 2. The Labute approximate surface area is 289 Å². The minimum atomic E-state index is -4.71. The second-order valence-corrected chi connectivity index (χ2v) is 16.3. The molecule has 7 rings (SSSR count). The first-order chi connectivity index (χ1) is 24.1. The summed E-state index contributed by atoms with van der Waals surface area (Å²) in [5, 5.41) is 38.0. The molecule has 0 fully saturated rings. The summed E-state index contributed by atoms with van der Waals surface area (Å²) >= 11 is 0. The average Bonchev–Trinajstić information content (AvgIpc) is 3.09. The van der Waals surface area contributed by atoms with E-state index in [1.54, 1.807) is 36.2 Å². The highest BCUT2D eigenvalue weighted by Gasteiger charge is 2.37. The zero-order valence-electron chi connectivity index (χ0n) is 26.0. The van der Waals surface area contributed by atoms with Gasteiger partial charge in [0.25, 0.3) is 27.6 Å². The van der Waals surface area contributed by atoms with Crippen LogP contribution in [0.1, 0.15) is 0 Å². The van der Waals surface area contributed by atoms with E-state index in [2.05, 4.69) is 20.5 Å². The lowest BCUT2D eigenvalue weighted by molar-refractivity contribution is 0.477. The lowest BCUT2D eigenvalue weighted by atomic mass is 10.1. The zero-order chi connectivity index (χ0) is 36.5. The first kappa shape index (κ1) is 33.9. The van der Waals surface area contributed by atoms with Crippen molar-refractivity contribution in [1.82, 2.24) is 0 Å². The topological polar surface area (TPSA) is 239 Å². The minimum absolute atomic E-state index is 0.0191. The third-order valence-corrected chi connectivity index (χ3v) is 12.1. The van der Waals surface area contributed by atoms with Crippen LogP contribution in [0.3, 0.4) is 0 Å². The van der Waals surface area contributed by atoms with Gasteiger partial charge in [0, 0.05) is 28.6 Å². The third-order valence-electron chi connectivity index (χ3n) is 8.31. The Bertz CT molecular complexity index is 2620. The van der Waals surface area contributed by atoms with Gasteiger partial charge in [0.1, 0.15) is 21.2 Å². The highest BCUT2D eigenvalue weighted by Crippen LogP contribution is 2.51. The number of phenolic OH excluding ortho intramolecular Hbond substituents is 2. The maximum atomic E-state index is 14.1. The Balaban J connectivity index is 1.26. The van der Waals surface area contributed by atoms with Gasteiger partial charge in [0.2, 0.25) is 0 Å². The fourth-order valence-electron chi connectivity index (χ4n) is 5.89. The number of nitrogens with zero attached hydrogens (tertiary/aromatic N) is 5. The predicted molar refractivity (Wildman–Crippen MR) is 189 cm³/mol. The molecule has 0 spiro atoms. The molecule has 0 saturated carbocycles. The van der Waals surface area contributed by atoms with Crippen LogP contribution in [0.2, 0.25) is 0 Å². The Morgan fingerprint density at radius 2 is 0.941 bits per heavy atom. The second kappa shape index (κ2) is 12.1. The van der Waals surface area contributed by atoms with Crippen molar-refractivity contribution in [1.29, 1.82) is 0 Å². The van der Waals surface area contributed by atoms with Crippen LogP contribution in [0.25, 0.3) is 21.5 Å². The van der Waals surface area contributed by atoms with Crippen molar-refractivity contribution in [2.24, 2.45) is 20.5 Å². The van der Waals surface area contributed by atoms with Gasteiger partial charge in [-0.3, -0.25) is 13.7 Å². The fourth-order valence-corrected chi connectivity index (χ4v) is 9.27. The monoisotopic (exact) mass is 745 g/mol. The number of hydrogen-bond acceptors (Lipinski definition) is 12. The number of phenols is 2. The van der Waals surface area contributed by atoms with Crippen LogP contribution in [0, 0.1) is 0 Å². The van der Waals surface area contributed by atoms with Gasteiger partial charge >= 0.3 is 0 Å². The lowest BCUT2D eigenvalue weighted by Gasteiger charge is -2.32. The minimum Gasteiger partial charge on any atom is -0.505 e. The average molecular weight is 746 g/mol. The number of aromatic hydroxyl groups is 2. The Hall–Kier alpha value is -5.55. The van der Waals surface area contributed by atoms with Crippen LogP contribution >= 0.6 is 7.37 Å². The highest BCUT2D eigenvalue weighted by molar-refractivity contribution is 7.86. The van der Waals surface area contributed by atoms with Gasteiger partial charge in [0.15, 0.2) is 11.5 Å². The lowest BCUT2D eigenvalue weighted by Crippen LogP contribution is -2.32. The first-order valence-electron chi connectivity index (χ1n) is 14.7. The van der Waals surface area contributed by atoms with E-state index in [1.807, 2.05) is 0 Å². The van der Waals surface area contributed by atoms with Gasteiger partial charge in [-0.15, -0.1) is 10.2 Å². The third kappa shape index (κ3) is 5.91. The summed E-state index contributed by atoms with van der Waals surface area (Å²) < 4.78 is 82.0. The Kier molecular flexibility index (Phi) is 8.02. The SMILES string of the molecule is CN1c2ccc(N=Nc3cc(S(=O)(=O)O)c4ccccc4c3O)cc2P(=O)(O)c2cc(N=Nc3cc(S(=O)(=O)O)c4ccccc4c3O)ccc21. The molecule has 258 valence electrons. The molecule has 1 aliphatic rings. The maximum absolute atomic E-state index is 14.1. The van der Waals surface area contributed by atoms with E-state index in [0.29, 0.717) is 11.4 Å². The molecule has 0 bridgehead atoms. The van der Waals surface area contributed by atoms with Gasteiger partial charge in [-0.2, -0.15) is 27.1 Å². The first-order valence-corrected chi connectivity index (χ1v) is 19.2. The summed E-state index contributed by atoms with van der Waals surface area (Å²) in [6.45, 7) is 0. The van der Waals surface area contributed by atoms with Crippen LogP contribution in [-0.4, -0.2) is 48.1 Å². The normalized spacial score (nSPS) is 16.3. The summed E-state index contributed by atoms with van der Waals surface area (Å²) in [6.07, 6.45) is 0. The number of rotatable bonds is 6. The van der Waals surface area contributed by atoms with Crippen LogP contribution in [-0.2, 0) is 24.8 Å².